The minimum Gasteiger partial charge on any atom is -0.494 e. The summed E-state index contributed by atoms with van der Waals surface area (Å²) in [6.07, 6.45) is 22.2. The second-order valence-electron chi connectivity index (χ2n) is 32.2. The van der Waals surface area contributed by atoms with Gasteiger partial charge in [0, 0.05) is 165 Å². The Bertz CT molecular complexity index is 6370. The van der Waals surface area contributed by atoms with Gasteiger partial charge in [0.25, 0.3) is 17.7 Å². The first-order chi connectivity index (χ1) is 57.8. The molecule has 23 nitrogen and oxygen atoms in total. The first-order valence-electron chi connectivity index (χ1n) is 39.7. The average molecular weight is 1740 g/mol. The Labute approximate surface area is 702 Å². The van der Waals surface area contributed by atoms with Gasteiger partial charge in [0.05, 0.1) is 40.8 Å². The molecule has 10 heterocycles. The molecule has 5 aliphatic carbocycles. The van der Waals surface area contributed by atoms with E-state index < -0.39 is 18.3 Å². The molecule has 0 bridgehead atoms. The SMILES string of the molecule is CCOc1ccc2[nH]c(C(=O)NC3(c4ccn(C)c4)CC3)cc2c1.Cn1cc(C2(NC(=O)c3cc4cc(OC(F)(F)F)ccc4[nH]3)CC2)cn1.Cn1ccc(C2(CC(=O)c3cc4cc(Br)ccc4[nH]3)CCC2)c1.Cn1ccc(C2(CC(=O)c3cc4cc(OC(F)(F)F)ccc4[nH]3)CCC2)c1.O=C(NC1(c2cocn2)CC1)c1cc2cc(Cl)ccc2[nH]1. The van der Waals surface area contributed by atoms with Crippen LogP contribution in [0.15, 0.2) is 211 Å². The van der Waals surface area contributed by atoms with Gasteiger partial charge in [-0.05, 0) is 227 Å². The molecule has 0 atom stereocenters. The molecule has 3 amide bonds. The molecule has 20 rings (SSSR count). The fourth-order valence-electron chi connectivity index (χ4n) is 16.2. The lowest BCUT2D eigenvalue weighted by molar-refractivity contribution is -0.275. The summed E-state index contributed by atoms with van der Waals surface area (Å²) in [5.41, 5.74) is 10.8. The van der Waals surface area contributed by atoms with Crippen molar-refractivity contribution >= 4 is 111 Å². The van der Waals surface area contributed by atoms with Gasteiger partial charge in [-0.3, -0.25) is 28.7 Å². The van der Waals surface area contributed by atoms with E-state index in [1.54, 1.807) is 42.4 Å². The van der Waals surface area contributed by atoms with Crippen molar-refractivity contribution in [3.05, 3.63) is 268 Å². The van der Waals surface area contributed by atoms with Gasteiger partial charge >= 0.3 is 12.7 Å². The molecule has 121 heavy (non-hydrogen) atoms. The third-order valence-electron chi connectivity index (χ3n) is 23.4. The van der Waals surface area contributed by atoms with E-state index >= 15 is 0 Å². The number of fused-ring (bicyclic) bond motifs is 5. The van der Waals surface area contributed by atoms with Crippen LogP contribution < -0.4 is 30.2 Å². The molecule has 5 fully saturated rings. The van der Waals surface area contributed by atoms with E-state index in [-0.39, 0.29) is 68.4 Å². The van der Waals surface area contributed by atoms with Crippen molar-refractivity contribution in [3.63, 3.8) is 0 Å². The van der Waals surface area contributed by atoms with Crippen molar-refractivity contribution < 1.29 is 68.9 Å². The summed E-state index contributed by atoms with van der Waals surface area (Å²) in [7, 11) is 7.79. The van der Waals surface area contributed by atoms with Crippen LogP contribution in [0.3, 0.4) is 0 Å². The van der Waals surface area contributed by atoms with Crippen LogP contribution in [0.5, 0.6) is 17.2 Å². The number of ether oxygens (including phenoxy) is 3. The van der Waals surface area contributed by atoms with E-state index in [0.717, 1.165) is 131 Å². The fourth-order valence-corrected chi connectivity index (χ4v) is 16.7. The molecule has 0 spiro atoms. The normalized spacial score (nSPS) is 16.0. The Morgan fingerprint density at radius 2 is 0.860 bits per heavy atom. The summed E-state index contributed by atoms with van der Waals surface area (Å²) in [6, 6.07) is 40.3. The molecular weight excluding hydrogens is 1650 g/mol. The Balaban J connectivity index is 0.000000113. The number of rotatable bonds is 21. The quantitative estimate of drug-likeness (QED) is 0.0247. The molecule has 0 saturated heterocycles. The Kier molecular flexibility index (Phi) is 22.2. The molecule has 626 valence electrons. The van der Waals surface area contributed by atoms with E-state index in [4.69, 9.17) is 20.8 Å². The van der Waals surface area contributed by atoms with Crippen LogP contribution in [0.4, 0.5) is 26.3 Å². The maximum Gasteiger partial charge on any atom is 0.573 e. The maximum atomic E-state index is 12.9. The lowest BCUT2D eigenvalue weighted by atomic mass is 9.62. The summed E-state index contributed by atoms with van der Waals surface area (Å²) in [6.45, 7) is 2.59. The average Bonchev–Trinajstić information content (AvgIpc) is 1.61. The number of alkyl halides is 6. The second-order valence-corrected chi connectivity index (χ2v) is 33.6. The van der Waals surface area contributed by atoms with Crippen LogP contribution in [0.1, 0.15) is 177 Å². The molecule has 5 aliphatic rings. The summed E-state index contributed by atoms with van der Waals surface area (Å²) in [5.74, 6) is -0.167. The first kappa shape index (κ1) is 82.3. The number of hydrogen-bond donors (Lipinski definition) is 8. The summed E-state index contributed by atoms with van der Waals surface area (Å²) in [5, 5.41) is 18.0. The third kappa shape index (κ3) is 18.5. The van der Waals surface area contributed by atoms with Gasteiger partial charge < -0.3 is 73.2 Å². The van der Waals surface area contributed by atoms with Crippen molar-refractivity contribution in [2.45, 2.75) is 137 Å². The monoisotopic (exact) mass is 1730 g/mol. The van der Waals surface area contributed by atoms with Crippen LogP contribution >= 0.6 is 27.5 Å². The Morgan fingerprint density at radius 1 is 0.471 bits per heavy atom. The van der Waals surface area contributed by atoms with Crippen molar-refractivity contribution in [2.24, 2.45) is 28.2 Å². The Morgan fingerprint density at radius 3 is 1.25 bits per heavy atom. The number of ketones is 2. The highest BCUT2D eigenvalue weighted by molar-refractivity contribution is 9.10. The van der Waals surface area contributed by atoms with Gasteiger partial charge in [-0.1, -0.05) is 40.4 Å². The van der Waals surface area contributed by atoms with Crippen molar-refractivity contribution in [2.75, 3.05) is 6.61 Å². The summed E-state index contributed by atoms with van der Waals surface area (Å²) < 4.78 is 101. The number of benzene rings is 5. The van der Waals surface area contributed by atoms with Crippen molar-refractivity contribution in [3.8, 4) is 17.2 Å². The Hall–Kier alpha value is -12.4. The summed E-state index contributed by atoms with van der Waals surface area (Å²) >= 11 is 9.44. The van der Waals surface area contributed by atoms with Crippen LogP contribution in [0.25, 0.3) is 54.5 Å². The van der Waals surface area contributed by atoms with Gasteiger partial charge in [-0.25, -0.2) is 4.98 Å². The molecule has 5 saturated carbocycles. The maximum absolute atomic E-state index is 12.9. The van der Waals surface area contributed by atoms with E-state index in [2.05, 4.69) is 124 Å². The number of aromatic nitrogens is 11. The number of nitrogens with one attached hydrogen (secondary N) is 8. The first-order valence-corrected chi connectivity index (χ1v) is 40.9. The highest BCUT2D eigenvalue weighted by Crippen LogP contribution is 2.51. The van der Waals surface area contributed by atoms with Gasteiger partial charge in [-0.15, -0.1) is 26.3 Å². The number of aryl methyl sites for hydroxylation is 4. The van der Waals surface area contributed by atoms with E-state index in [0.29, 0.717) is 63.4 Å². The lowest BCUT2D eigenvalue weighted by Crippen LogP contribution is -2.36. The van der Waals surface area contributed by atoms with Crippen LogP contribution in [0.2, 0.25) is 5.02 Å². The van der Waals surface area contributed by atoms with Crippen LogP contribution in [-0.4, -0.2) is 102 Å². The largest absolute Gasteiger partial charge is 0.573 e. The molecule has 0 aliphatic heterocycles. The predicted octanol–water partition coefficient (Wildman–Crippen LogP) is 19.8. The number of nitrogens with zero attached hydrogens (tertiary/aromatic N) is 6. The standard InChI is InChI=1S/C20H19F3N2O2.C19H19BrN2O.C19H21N3O2.C17H15F3N4O2.C15H12ClN3O2/c1-25-8-5-14(12-25)19(6-2-7-19)11-18(26)17-10-13-9-15(27-20(21,22)23)3-4-16(13)24-17;1-22-8-5-14(12-22)19(6-2-7-19)11-18(23)17-10-13-9-15(20)3-4-16(13)21-17;1-3-24-15-4-5-16-13(10-15)11-17(20-16)18(23)21-19(7-8-19)14-6-9-22(2)12-14;1-24-9-11(8-21-24)16(4-5-16)23-15(25)14-7-10-6-12(26-17(18,19)20)2-3-13(10)22-14;16-10-1-2-11-9(5-10)6-12(18-11)14(20)19-15(3-4-15)13-7-21-8-17-13/h3-5,8-10,12,24H,2,6-7,11H2,1H3;3-5,8-10,12,21H,2,6-7,11H2,1H3;4-6,9-12,20H,3,7-8H2,1-2H3,(H,21,23);2-3,6-9,22H,4-5H2,1H3,(H,23,25);1-2,5-8,18H,3-4H2,(H,19,20). The van der Waals surface area contributed by atoms with Crippen molar-refractivity contribution in [1.29, 1.82) is 0 Å². The van der Waals surface area contributed by atoms with Gasteiger partial charge in [0.2, 0.25) is 0 Å². The van der Waals surface area contributed by atoms with E-state index in [9.17, 15) is 50.3 Å². The second kappa shape index (κ2) is 32.6. The zero-order valence-corrected chi connectivity index (χ0v) is 68.9. The van der Waals surface area contributed by atoms with E-state index in [1.165, 1.54) is 72.0 Å². The van der Waals surface area contributed by atoms with Crippen molar-refractivity contribution in [1.82, 2.24) is 69.3 Å². The molecule has 31 heteroatoms. The minimum absolute atomic E-state index is 0.0342. The zero-order valence-electron chi connectivity index (χ0n) is 66.5. The number of Topliss-reactive ketones (excluding diaryl/α,β-unsaturated/α-hetero) is 2. The summed E-state index contributed by atoms with van der Waals surface area (Å²) in [4.78, 5) is 83.0. The van der Waals surface area contributed by atoms with Crippen LogP contribution in [-0.2, 0) is 55.6 Å². The number of halogens is 8. The number of H-pyrrole nitrogens is 5. The van der Waals surface area contributed by atoms with Gasteiger partial charge in [0.1, 0.15) is 46.3 Å². The number of oxazole rings is 1. The molecule has 5 aromatic carbocycles. The minimum atomic E-state index is -4.76. The lowest BCUT2D eigenvalue weighted by Gasteiger charge is -2.41. The molecule has 10 aromatic heterocycles. The molecular formula is C90H86BrClF6N14O9. The molecule has 0 unspecified atom stereocenters. The van der Waals surface area contributed by atoms with E-state index in [1.807, 2.05) is 116 Å². The zero-order chi connectivity index (χ0) is 85.0. The molecule has 0 radical (unpaired) electrons. The highest BCUT2D eigenvalue weighted by atomic mass is 79.9. The van der Waals surface area contributed by atoms with Gasteiger partial charge in [-0.2, -0.15) is 5.10 Å². The predicted molar refractivity (Wildman–Crippen MR) is 449 cm³/mol. The fraction of sp³-hybridized carbons (Fsp3) is 0.300. The third-order valence-corrected chi connectivity index (χ3v) is 24.2. The molecule has 15 aromatic rings. The topological polar surface area (TPSA) is 287 Å². The highest BCUT2D eigenvalue weighted by Gasteiger charge is 2.50. The number of carbonyl (C=O) groups is 5. The van der Waals surface area contributed by atoms with Crippen LogP contribution in [0, 0.1) is 0 Å². The van der Waals surface area contributed by atoms with Gasteiger partial charge in [0.15, 0.2) is 18.0 Å². The number of hydrogen-bond acceptors (Lipinski definition) is 11. The number of amides is 3. The number of carbonyl (C=O) groups excluding carboxylic acids is 5. The smallest absolute Gasteiger partial charge is 0.494 e. The molecule has 8 N–H and O–H groups in total. The number of aromatic amines is 5.